The smallest absolute Gasteiger partial charge is 0.214 e. The van der Waals surface area contributed by atoms with Crippen LogP contribution in [-0.2, 0) is 26.3 Å². The van der Waals surface area contributed by atoms with Crippen LogP contribution in [0.3, 0.4) is 0 Å². The van der Waals surface area contributed by atoms with Gasteiger partial charge in [-0.25, -0.2) is 16.8 Å². The Balaban J connectivity index is 1.59. The van der Waals surface area contributed by atoms with Gasteiger partial charge in [-0.3, -0.25) is 0 Å². The third-order valence-corrected chi connectivity index (χ3v) is 8.76. The van der Waals surface area contributed by atoms with E-state index in [1.165, 1.54) is 28.6 Å². The fourth-order valence-corrected chi connectivity index (χ4v) is 6.34. The van der Waals surface area contributed by atoms with E-state index in [2.05, 4.69) is 0 Å². The van der Waals surface area contributed by atoms with Crippen molar-refractivity contribution in [3.8, 4) is 5.75 Å². The SMILES string of the molecule is COc1ccc(CCS(=O)(=O)N2CC(S(=O)(=O)c3ccc(Cl)cc3)C2)cc1. The molecule has 0 amide bonds. The van der Waals surface area contributed by atoms with E-state index in [4.69, 9.17) is 16.3 Å². The highest BCUT2D eigenvalue weighted by Crippen LogP contribution is 2.27. The maximum Gasteiger partial charge on any atom is 0.214 e. The third-order valence-electron chi connectivity index (χ3n) is 4.60. The standard InChI is InChI=1S/C18H20ClNO5S2/c1-25-16-6-2-14(3-7-16)10-11-26(21,22)20-12-18(13-20)27(23,24)17-8-4-15(19)5-9-17/h2-9,18H,10-13H2,1H3. The Hall–Kier alpha value is -1.61. The zero-order valence-corrected chi connectivity index (χ0v) is 17.1. The number of halogens is 1. The molecule has 0 saturated carbocycles. The van der Waals surface area contributed by atoms with E-state index >= 15 is 0 Å². The predicted octanol–water partition coefficient (Wildman–Crippen LogP) is 2.38. The Kier molecular flexibility index (Phi) is 5.81. The maximum atomic E-state index is 12.6. The van der Waals surface area contributed by atoms with Crippen molar-refractivity contribution in [1.82, 2.24) is 4.31 Å². The number of sulfone groups is 1. The van der Waals surface area contributed by atoms with Crippen LogP contribution in [0.2, 0.25) is 5.02 Å². The molecule has 3 rings (SSSR count). The van der Waals surface area contributed by atoms with E-state index in [-0.39, 0.29) is 23.7 Å². The first-order valence-corrected chi connectivity index (χ1v) is 11.9. The molecular weight excluding hydrogens is 410 g/mol. The largest absolute Gasteiger partial charge is 0.497 e. The van der Waals surface area contributed by atoms with Gasteiger partial charge in [0.1, 0.15) is 5.75 Å². The van der Waals surface area contributed by atoms with Crippen molar-refractivity contribution < 1.29 is 21.6 Å². The fraction of sp³-hybridized carbons (Fsp3) is 0.333. The van der Waals surface area contributed by atoms with Crippen LogP contribution in [0.25, 0.3) is 0 Å². The molecule has 1 fully saturated rings. The lowest BCUT2D eigenvalue weighted by Gasteiger charge is -2.37. The quantitative estimate of drug-likeness (QED) is 0.675. The molecule has 0 bridgehead atoms. The summed E-state index contributed by atoms with van der Waals surface area (Å²) in [4.78, 5) is 0.159. The van der Waals surface area contributed by atoms with E-state index in [9.17, 15) is 16.8 Å². The fourth-order valence-electron chi connectivity index (χ4n) is 2.81. The minimum Gasteiger partial charge on any atom is -0.497 e. The number of rotatable bonds is 7. The van der Waals surface area contributed by atoms with Gasteiger partial charge in [0, 0.05) is 18.1 Å². The monoisotopic (exact) mass is 429 g/mol. The molecule has 1 aliphatic rings. The molecule has 27 heavy (non-hydrogen) atoms. The molecule has 0 spiro atoms. The summed E-state index contributed by atoms with van der Waals surface area (Å²) in [5.74, 6) is 0.646. The van der Waals surface area contributed by atoms with Crippen LogP contribution in [0.15, 0.2) is 53.4 Å². The van der Waals surface area contributed by atoms with E-state index in [1.54, 1.807) is 19.2 Å². The Morgan fingerprint density at radius 3 is 2.15 bits per heavy atom. The van der Waals surface area contributed by atoms with Gasteiger partial charge >= 0.3 is 0 Å². The van der Waals surface area contributed by atoms with Crippen molar-refractivity contribution in [2.24, 2.45) is 0 Å². The first-order chi connectivity index (χ1) is 12.7. The molecule has 9 heteroatoms. The van der Waals surface area contributed by atoms with Gasteiger partial charge in [-0.1, -0.05) is 23.7 Å². The van der Waals surface area contributed by atoms with Crippen LogP contribution in [0, 0.1) is 0 Å². The summed E-state index contributed by atoms with van der Waals surface area (Å²) in [6.45, 7) is -0.0359. The van der Waals surface area contributed by atoms with Gasteiger partial charge in [0.2, 0.25) is 10.0 Å². The molecular formula is C18H20ClNO5S2. The van der Waals surface area contributed by atoms with Crippen molar-refractivity contribution in [1.29, 1.82) is 0 Å². The molecule has 0 unspecified atom stereocenters. The Labute approximate surface area is 164 Å². The van der Waals surface area contributed by atoms with Crippen molar-refractivity contribution >= 4 is 31.5 Å². The summed E-state index contributed by atoms with van der Waals surface area (Å²) < 4.78 is 56.3. The number of nitrogens with zero attached hydrogens (tertiary/aromatic N) is 1. The van der Waals surface area contributed by atoms with E-state index < -0.39 is 25.1 Å². The van der Waals surface area contributed by atoms with Gasteiger partial charge in [-0.05, 0) is 48.4 Å². The van der Waals surface area contributed by atoms with Gasteiger partial charge in [-0.2, -0.15) is 4.31 Å². The second-order valence-electron chi connectivity index (χ2n) is 6.35. The van der Waals surface area contributed by atoms with Crippen molar-refractivity contribution in [3.63, 3.8) is 0 Å². The predicted molar refractivity (Wildman–Crippen MR) is 104 cm³/mol. The number of aryl methyl sites for hydroxylation is 1. The average molecular weight is 430 g/mol. The lowest BCUT2D eigenvalue weighted by atomic mass is 10.2. The second kappa shape index (κ2) is 7.79. The summed E-state index contributed by atoms with van der Waals surface area (Å²) >= 11 is 5.79. The topological polar surface area (TPSA) is 80.8 Å². The number of hydrogen-bond donors (Lipinski definition) is 0. The van der Waals surface area contributed by atoms with Gasteiger partial charge in [-0.15, -0.1) is 0 Å². The summed E-state index contributed by atoms with van der Waals surface area (Å²) in [5, 5.41) is -0.278. The molecule has 0 N–H and O–H groups in total. The molecule has 0 aromatic heterocycles. The highest BCUT2D eigenvalue weighted by atomic mass is 35.5. The van der Waals surface area contributed by atoms with Crippen LogP contribution >= 0.6 is 11.6 Å². The maximum absolute atomic E-state index is 12.6. The Bertz CT molecular complexity index is 997. The van der Waals surface area contributed by atoms with Crippen LogP contribution in [0.1, 0.15) is 5.56 Å². The summed E-state index contributed by atoms with van der Waals surface area (Å²) in [6.07, 6.45) is 0.359. The summed E-state index contributed by atoms with van der Waals surface area (Å²) in [6, 6.07) is 13.1. The first-order valence-electron chi connectivity index (χ1n) is 8.32. The molecule has 1 saturated heterocycles. The van der Waals surface area contributed by atoms with Gasteiger partial charge in [0.25, 0.3) is 0 Å². The van der Waals surface area contributed by atoms with E-state index in [0.717, 1.165) is 5.56 Å². The van der Waals surface area contributed by atoms with Gasteiger partial charge in [0.05, 0.1) is 23.0 Å². The van der Waals surface area contributed by atoms with E-state index in [0.29, 0.717) is 17.2 Å². The zero-order chi connectivity index (χ0) is 19.7. The number of ether oxygens (including phenoxy) is 1. The Morgan fingerprint density at radius 1 is 1.00 bits per heavy atom. The first kappa shape index (κ1) is 20.1. The highest BCUT2D eigenvalue weighted by molar-refractivity contribution is 7.92. The normalized spacial score (nSPS) is 16.1. The Morgan fingerprint density at radius 2 is 1.59 bits per heavy atom. The lowest BCUT2D eigenvalue weighted by molar-refractivity contribution is 0.309. The third kappa shape index (κ3) is 4.45. The molecule has 1 heterocycles. The molecule has 0 radical (unpaired) electrons. The van der Waals surface area contributed by atoms with Crippen molar-refractivity contribution in [2.75, 3.05) is 26.0 Å². The number of sulfonamides is 1. The second-order valence-corrected chi connectivity index (χ2v) is 11.1. The number of benzene rings is 2. The van der Waals surface area contributed by atoms with Crippen LogP contribution in [0.4, 0.5) is 0 Å². The summed E-state index contributed by atoms with van der Waals surface area (Å²) in [5.41, 5.74) is 0.880. The van der Waals surface area contributed by atoms with Crippen LogP contribution < -0.4 is 4.74 Å². The molecule has 6 nitrogen and oxygen atoms in total. The van der Waals surface area contributed by atoms with Crippen molar-refractivity contribution in [3.05, 3.63) is 59.1 Å². The molecule has 0 aliphatic carbocycles. The highest BCUT2D eigenvalue weighted by Gasteiger charge is 2.43. The van der Waals surface area contributed by atoms with Crippen molar-refractivity contribution in [2.45, 2.75) is 16.6 Å². The molecule has 146 valence electrons. The number of hydrogen-bond acceptors (Lipinski definition) is 5. The molecule has 2 aromatic carbocycles. The lowest BCUT2D eigenvalue weighted by Crippen LogP contribution is -2.57. The van der Waals surface area contributed by atoms with Crippen LogP contribution in [0.5, 0.6) is 5.75 Å². The minimum atomic E-state index is -3.57. The summed E-state index contributed by atoms with van der Waals surface area (Å²) in [7, 11) is -5.50. The average Bonchev–Trinajstić information content (AvgIpc) is 2.59. The molecule has 1 aliphatic heterocycles. The van der Waals surface area contributed by atoms with Crippen LogP contribution in [-0.4, -0.2) is 52.3 Å². The van der Waals surface area contributed by atoms with E-state index in [1.807, 2.05) is 12.1 Å². The minimum absolute atomic E-state index is 0.0180. The zero-order valence-electron chi connectivity index (χ0n) is 14.7. The van der Waals surface area contributed by atoms with Gasteiger partial charge < -0.3 is 4.74 Å². The molecule has 2 aromatic rings. The molecule has 0 atom stereocenters. The van der Waals surface area contributed by atoms with Gasteiger partial charge in [0.15, 0.2) is 9.84 Å². The number of methoxy groups -OCH3 is 1.